The van der Waals surface area contributed by atoms with Gasteiger partial charge in [0.25, 0.3) is 0 Å². The summed E-state index contributed by atoms with van der Waals surface area (Å²) in [6.45, 7) is 2.13. The zero-order chi connectivity index (χ0) is 5.98. The van der Waals surface area contributed by atoms with Crippen LogP contribution in [0.2, 0.25) is 0 Å². The van der Waals surface area contributed by atoms with E-state index in [0.717, 1.165) is 12.1 Å². The van der Waals surface area contributed by atoms with E-state index in [1.165, 1.54) is 0 Å². The van der Waals surface area contributed by atoms with Crippen molar-refractivity contribution >= 4 is 0 Å². The topological polar surface area (TPSA) is 26.0 Å². The molecule has 0 heterocycles. The van der Waals surface area contributed by atoms with Gasteiger partial charge in [0.2, 0.25) is 0 Å². The van der Waals surface area contributed by atoms with Gasteiger partial charge in [-0.05, 0) is 18.4 Å². The van der Waals surface area contributed by atoms with Gasteiger partial charge in [0.1, 0.15) is 0 Å². The van der Waals surface area contributed by atoms with Gasteiger partial charge in [-0.15, -0.1) is 0 Å². The Labute approximate surface area is 49.9 Å². The molecule has 1 nitrogen and oxygen atoms in total. The van der Waals surface area contributed by atoms with E-state index in [1.807, 2.05) is 12.2 Å². The maximum absolute atomic E-state index is 5.59. The number of allylic oxidation sites excluding steroid dienone is 4. The summed E-state index contributed by atoms with van der Waals surface area (Å²) in [6.07, 6.45) is 7.22. The van der Waals surface area contributed by atoms with Crippen molar-refractivity contribution < 1.29 is 0 Å². The van der Waals surface area contributed by atoms with E-state index in [0.29, 0.717) is 5.92 Å². The summed E-state index contributed by atoms with van der Waals surface area (Å²) < 4.78 is 0. The number of nitrogens with two attached hydrogens (primary N) is 1. The van der Waals surface area contributed by atoms with Gasteiger partial charge < -0.3 is 5.73 Å². The molecule has 0 fully saturated rings. The third kappa shape index (κ3) is 0.915. The van der Waals surface area contributed by atoms with Crippen LogP contribution < -0.4 is 5.73 Å². The highest BCUT2D eigenvalue weighted by atomic mass is 14.6. The first kappa shape index (κ1) is 5.42. The summed E-state index contributed by atoms with van der Waals surface area (Å²) in [5.41, 5.74) is 6.60. The highest BCUT2D eigenvalue weighted by Gasteiger charge is 2.03. The number of hydrogen-bond acceptors (Lipinski definition) is 1. The summed E-state index contributed by atoms with van der Waals surface area (Å²) >= 11 is 0. The van der Waals surface area contributed by atoms with E-state index >= 15 is 0 Å². The van der Waals surface area contributed by atoms with Gasteiger partial charge in [-0.3, -0.25) is 0 Å². The van der Waals surface area contributed by atoms with E-state index in [-0.39, 0.29) is 0 Å². The van der Waals surface area contributed by atoms with Crippen LogP contribution in [0.4, 0.5) is 0 Å². The molecule has 0 saturated carbocycles. The Balaban J connectivity index is 2.66. The average Bonchev–Trinajstić information content (AvgIpc) is 1.77. The second-order valence-electron chi connectivity index (χ2n) is 2.23. The number of rotatable bonds is 0. The predicted molar refractivity (Wildman–Crippen MR) is 35.2 cm³/mol. The smallest absolute Gasteiger partial charge is 0.0112 e. The fourth-order valence-corrected chi connectivity index (χ4v) is 0.762. The second kappa shape index (κ2) is 2.03. The molecule has 8 heavy (non-hydrogen) atoms. The first-order valence-electron chi connectivity index (χ1n) is 2.93. The van der Waals surface area contributed by atoms with Crippen molar-refractivity contribution in [1.29, 1.82) is 0 Å². The van der Waals surface area contributed by atoms with Crippen molar-refractivity contribution in [2.24, 2.45) is 11.7 Å². The molecule has 1 aliphatic carbocycles. The highest BCUT2D eigenvalue weighted by molar-refractivity contribution is 5.17. The maximum Gasteiger partial charge on any atom is 0.0112 e. The molecule has 0 radical (unpaired) electrons. The van der Waals surface area contributed by atoms with Gasteiger partial charge in [0.15, 0.2) is 0 Å². The van der Waals surface area contributed by atoms with Gasteiger partial charge in [-0.25, -0.2) is 0 Å². The lowest BCUT2D eigenvalue weighted by Gasteiger charge is -2.10. The van der Waals surface area contributed by atoms with Crippen LogP contribution in [0.1, 0.15) is 13.3 Å². The predicted octanol–water partition coefficient (Wildman–Crippen LogP) is 1.43. The molecule has 2 N–H and O–H groups in total. The minimum absolute atomic E-state index is 0.556. The molecule has 0 aliphatic heterocycles. The summed E-state index contributed by atoms with van der Waals surface area (Å²) in [5.74, 6) is 0.556. The van der Waals surface area contributed by atoms with Crippen molar-refractivity contribution in [3.63, 3.8) is 0 Å². The Morgan fingerprint density at radius 1 is 1.75 bits per heavy atom. The van der Waals surface area contributed by atoms with Crippen molar-refractivity contribution in [2.45, 2.75) is 13.3 Å². The quantitative estimate of drug-likeness (QED) is 0.500. The summed E-state index contributed by atoms with van der Waals surface area (Å²) in [4.78, 5) is 0. The highest BCUT2D eigenvalue weighted by Crippen LogP contribution is 2.13. The zero-order valence-corrected chi connectivity index (χ0v) is 5.09. The minimum atomic E-state index is 0.556. The van der Waals surface area contributed by atoms with Crippen LogP contribution >= 0.6 is 0 Å². The molecule has 0 amide bonds. The third-order valence-electron chi connectivity index (χ3n) is 1.48. The SMILES string of the molecule is C[C@H]1CC=CC=C1N. The third-order valence-corrected chi connectivity index (χ3v) is 1.48. The Hall–Kier alpha value is -0.720. The van der Waals surface area contributed by atoms with Gasteiger partial charge in [0, 0.05) is 5.70 Å². The average molecular weight is 109 g/mol. The van der Waals surface area contributed by atoms with E-state index in [1.54, 1.807) is 0 Å². The van der Waals surface area contributed by atoms with Crippen LogP contribution in [0.15, 0.2) is 23.9 Å². The molecule has 0 unspecified atom stereocenters. The largest absolute Gasteiger partial charge is 0.402 e. The standard InChI is InChI=1S/C7H11N/c1-6-4-2-3-5-7(6)8/h2-3,5-6H,4,8H2,1H3/t6-/m0/s1. The van der Waals surface area contributed by atoms with E-state index < -0.39 is 0 Å². The summed E-state index contributed by atoms with van der Waals surface area (Å²) in [7, 11) is 0. The van der Waals surface area contributed by atoms with Crippen LogP contribution in [-0.2, 0) is 0 Å². The van der Waals surface area contributed by atoms with E-state index in [9.17, 15) is 0 Å². The van der Waals surface area contributed by atoms with Gasteiger partial charge in [-0.1, -0.05) is 19.1 Å². The van der Waals surface area contributed by atoms with Crippen LogP contribution in [0, 0.1) is 5.92 Å². The minimum Gasteiger partial charge on any atom is -0.402 e. The lowest BCUT2D eigenvalue weighted by Crippen LogP contribution is -2.09. The van der Waals surface area contributed by atoms with Crippen LogP contribution in [0.5, 0.6) is 0 Å². The normalized spacial score (nSPS) is 27.6. The Morgan fingerprint density at radius 2 is 2.50 bits per heavy atom. The van der Waals surface area contributed by atoms with Crippen LogP contribution in [0.25, 0.3) is 0 Å². The first-order chi connectivity index (χ1) is 3.80. The molecule has 1 atom stereocenters. The molecule has 1 rings (SSSR count). The molecular formula is C7H11N. The Kier molecular flexibility index (Phi) is 1.38. The van der Waals surface area contributed by atoms with Crippen molar-refractivity contribution in [3.05, 3.63) is 23.9 Å². The Bertz CT molecular complexity index is 133. The van der Waals surface area contributed by atoms with E-state index in [4.69, 9.17) is 5.73 Å². The van der Waals surface area contributed by atoms with Crippen molar-refractivity contribution in [3.8, 4) is 0 Å². The molecule has 0 bridgehead atoms. The fraction of sp³-hybridized carbons (Fsp3) is 0.429. The molecule has 0 aromatic carbocycles. The van der Waals surface area contributed by atoms with Gasteiger partial charge >= 0.3 is 0 Å². The second-order valence-corrected chi connectivity index (χ2v) is 2.23. The number of hydrogen-bond donors (Lipinski definition) is 1. The lowest BCUT2D eigenvalue weighted by molar-refractivity contribution is 0.677. The fourth-order valence-electron chi connectivity index (χ4n) is 0.762. The van der Waals surface area contributed by atoms with Crippen LogP contribution in [0.3, 0.4) is 0 Å². The lowest BCUT2D eigenvalue weighted by atomic mass is 10.00. The molecule has 0 aromatic rings. The van der Waals surface area contributed by atoms with E-state index in [2.05, 4.69) is 13.0 Å². The zero-order valence-electron chi connectivity index (χ0n) is 5.09. The molecular weight excluding hydrogens is 98.1 g/mol. The molecule has 0 aromatic heterocycles. The monoisotopic (exact) mass is 109 g/mol. The summed E-state index contributed by atoms with van der Waals surface area (Å²) in [5, 5.41) is 0. The molecule has 44 valence electrons. The Morgan fingerprint density at radius 3 is 2.88 bits per heavy atom. The molecule has 0 saturated heterocycles. The maximum atomic E-state index is 5.59. The molecule has 1 aliphatic rings. The van der Waals surface area contributed by atoms with Crippen molar-refractivity contribution in [2.75, 3.05) is 0 Å². The van der Waals surface area contributed by atoms with Crippen molar-refractivity contribution in [1.82, 2.24) is 0 Å². The summed E-state index contributed by atoms with van der Waals surface area (Å²) in [6, 6.07) is 0. The first-order valence-corrected chi connectivity index (χ1v) is 2.93. The molecule has 1 heteroatoms. The van der Waals surface area contributed by atoms with Gasteiger partial charge in [0.05, 0.1) is 0 Å². The molecule has 0 spiro atoms. The van der Waals surface area contributed by atoms with Gasteiger partial charge in [-0.2, -0.15) is 0 Å². The van der Waals surface area contributed by atoms with Crippen LogP contribution in [-0.4, -0.2) is 0 Å².